The number of para-hydroxylation sites is 1. The Morgan fingerprint density at radius 2 is 1.95 bits per heavy atom. The van der Waals surface area contributed by atoms with Crippen LogP contribution in [0.4, 0.5) is 4.39 Å². The Kier molecular flexibility index (Phi) is 4.46. The van der Waals surface area contributed by atoms with Gasteiger partial charge in [0.25, 0.3) is 0 Å². The molecular formula is C14H9BrFNOS. The number of methoxy groups -OCH3 is 1. The summed E-state index contributed by atoms with van der Waals surface area (Å²) in [4.78, 5) is 1.26. The second-order valence-corrected chi connectivity index (χ2v) is 5.48. The Balaban J connectivity index is 2.40. The maximum absolute atomic E-state index is 14.1. The van der Waals surface area contributed by atoms with Crippen LogP contribution in [-0.4, -0.2) is 7.11 Å². The van der Waals surface area contributed by atoms with Gasteiger partial charge in [0, 0.05) is 4.90 Å². The second-order valence-electron chi connectivity index (χ2n) is 3.60. The van der Waals surface area contributed by atoms with E-state index in [1.165, 1.54) is 11.8 Å². The molecule has 0 saturated carbocycles. The van der Waals surface area contributed by atoms with E-state index in [9.17, 15) is 4.39 Å². The van der Waals surface area contributed by atoms with E-state index in [-0.39, 0.29) is 10.0 Å². The van der Waals surface area contributed by atoms with Crippen LogP contribution in [0, 0.1) is 17.1 Å². The van der Waals surface area contributed by atoms with E-state index in [0.29, 0.717) is 10.6 Å². The second kappa shape index (κ2) is 6.09. The largest absolute Gasteiger partial charge is 0.496 e. The van der Waals surface area contributed by atoms with Crippen LogP contribution >= 0.6 is 27.7 Å². The van der Waals surface area contributed by atoms with Gasteiger partial charge in [-0.05, 0) is 40.2 Å². The molecular weight excluding hydrogens is 329 g/mol. The molecule has 0 fully saturated rings. The third-order valence-corrected chi connectivity index (χ3v) is 4.32. The van der Waals surface area contributed by atoms with Gasteiger partial charge in [-0.3, -0.25) is 0 Å². The van der Waals surface area contributed by atoms with Gasteiger partial charge in [0.05, 0.1) is 22.0 Å². The lowest BCUT2D eigenvalue weighted by molar-refractivity contribution is 0.405. The fourth-order valence-corrected chi connectivity index (χ4v) is 3.05. The van der Waals surface area contributed by atoms with Gasteiger partial charge in [0.15, 0.2) is 5.82 Å². The number of nitriles is 1. The van der Waals surface area contributed by atoms with Crippen molar-refractivity contribution >= 4 is 27.7 Å². The number of ether oxygens (including phenoxy) is 1. The summed E-state index contributed by atoms with van der Waals surface area (Å²) in [6.45, 7) is 0. The standard InChI is InChI=1S/C14H9BrFNOS/c1-18-10-4-2-3-5-11(10)19-12-7-6-9(8-17)13(15)14(12)16/h2-7H,1H3. The lowest BCUT2D eigenvalue weighted by atomic mass is 10.2. The first-order valence-electron chi connectivity index (χ1n) is 5.36. The molecule has 0 heterocycles. The van der Waals surface area contributed by atoms with Gasteiger partial charge in [0.2, 0.25) is 0 Å². The molecule has 0 aliphatic rings. The molecule has 5 heteroatoms. The van der Waals surface area contributed by atoms with Gasteiger partial charge in [0.1, 0.15) is 11.8 Å². The first kappa shape index (κ1) is 13.9. The van der Waals surface area contributed by atoms with Crippen LogP contribution in [-0.2, 0) is 0 Å². The van der Waals surface area contributed by atoms with Crippen molar-refractivity contribution in [3.05, 3.63) is 52.3 Å². The van der Waals surface area contributed by atoms with Crippen molar-refractivity contribution in [1.29, 1.82) is 5.26 Å². The smallest absolute Gasteiger partial charge is 0.152 e. The summed E-state index contributed by atoms with van der Waals surface area (Å²) in [6, 6.07) is 12.5. The summed E-state index contributed by atoms with van der Waals surface area (Å²) in [6.07, 6.45) is 0. The lowest BCUT2D eigenvalue weighted by Crippen LogP contribution is -1.89. The molecule has 0 aliphatic heterocycles. The molecule has 0 spiro atoms. The maximum atomic E-state index is 14.1. The van der Waals surface area contributed by atoms with Gasteiger partial charge in [-0.2, -0.15) is 5.26 Å². The van der Waals surface area contributed by atoms with Gasteiger partial charge in [-0.15, -0.1) is 0 Å². The molecule has 2 aromatic carbocycles. The van der Waals surface area contributed by atoms with E-state index < -0.39 is 5.82 Å². The highest BCUT2D eigenvalue weighted by Gasteiger charge is 2.13. The Bertz CT molecular complexity index is 654. The average Bonchev–Trinajstić information content (AvgIpc) is 2.45. The van der Waals surface area contributed by atoms with Crippen LogP contribution in [0.2, 0.25) is 0 Å². The van der Waals surface area contributed by atoms with Gasteiger partial charge >= 0.3 is 0 Å². The van der Waals surface area contributed by atoms with Crippen LogP contribution in [0.25, 0.3) is 0 Å². The molecule has 0 bridgehead atoms. The summed E-state index contributed by atoms with van der Waals surface area (Å²) < 4.78 is 19.5. The molecule has 2 aromatic rings. The molecule has 2 rings (SSSR count). The predicted molar refractivity (Wildman–Crippen MR) is 75.9 cm³/mol. The topological polar surface area (TPSA) is 33.0 Å². The van der Waals surface area contributed by atoms with Crippen molar-refractivity contribution < 1.29 is 9.13 Å². The first-order valence-corrected chi connectivity index (χ1v) is 6.97. The van der Waals surface area contributed by atoms with E-state index >= 15 is 0 Å². The zero-order valence-electron chi connectivity index (χ0n) is 9.98. The van der Waals surface area contributed by atoms with Crippen molar-refractivity contribution in [2.75, 3.05) is 7.11 Å². The summed E-state index contributed by atoms with van der Waals surface area (Å²) in [7, 11) is 1.57. The van der Waals surface area contributed by atoms with Crippen LogP contribution in [0.3, 0.4) is 0 Å². The summed E-state index contributed by atoms with van der Waals surface area (Å²) in [5.74, 6) is 0.252. The van der Waals surface area contributed by atoms with Crippen LogP contribution in [0.5, 0.6) is 5.75 Å². The van der Waals surface area contributed by atoms with Crippen molar-refractivity contribution in [2.24, 2.45) is 0 Å². The minimum atomic E-state index is -0.435. The lowest BCUT2D eigenvalue weighted by Gasteiger charge is -2.09. The number of nitrogens with zero attached hydrogens (tertiary/aromatic N) is 1. The molecule has 0 saturated heterocycles. The van der Waals surface area contributed by atoms with Gasteiger partial charge < -0.3 is 4.74 Å². The molecule has 0 N–H and O–H groups in total. The molecule has 0 aromatic heterocycles. The number of halogens is 2. The van der Waals surface area contributed by atoms with Gasteiger partial charge in [-0.25, -0.2) is 4.39 Å². The highest BCUT2D eigenvalue weighted by molar-refractivity contribution is 9.10. The molecule has 96 valence electrons. The monoisotopic (exact) mass is 337 g/mol. The number of hydrogen-bond donors (Lipinski definition) is 0. The Labute approximate surface area is 123 Å². The van der Waals surface area contributed by atoms with Crippen LogP contribution < -0.4 is 4.74 Å². The van der Waals surface area contributed by atoms with E-state index in [2.05, 4.69) is 15.9 Å². The molecule has 2 nitrogen and oxygen atoms in total. The Hall–Kier alpha value is -1.51. The fourth-order valence-electron chi connectivity index (χ4n) is 1.52. The summed E-state index contributed by atoms with van der Waals surface area (Å²) >= 11 is 4.36. The van der Waals surface area contributed by atoms with E-state index in [1.54, 1.807) is 19.2 Å². The van der Waals surface area contributed by atoms with Crippen molar-refractivity contribution in [2.45, 2.75) is 9.79 Å². The highest BCUT2D eigenvalue weighted by Crippen LogP contribution is 2.38. The highest BCUT2D eigenvalue weighted by atomic mass is 79.9. The predicted octanol–water partition coefficient (Wildman–Crippen LogP) is 4.62. The zero-order valence-corrected chi connectivity index (χ0v) is 12.4. The third-order valence-electron chi connectivity index (χ3n) is 2.46. The Morgan fingerprint density at radius 3 is 2.63 bits per heavy atom. The van der Waals surface area contributed by atoms with Crippen LogP contribution in [0.15, 0.2) is 50.7 Å². The Morgan fingerprint density at radius 1 is 1.21 bits per heavy atom. The minimum Gasteiger partial charge on any atom is -0.496 e. The summed E-state index contributed by atoms with van der Waals surface area (Å²) in [5.41, 5.74) is 0.280. The number of benzene rings is 2. The summed E-state index contributed by atoms with van der Waals surface area (Å²) in [5, 5.41) is 8.83. The van der Waals surface area contributed by atoms with E-state index in [0.717, 1.165) is 4.90 Å². The van der Waals surface area contributed by atoms with Crippen molar-refractivity contribution in [3.8, 4) is 11.8 Å². The quantitative estimate of drug-likeness (QED) is 0.819. The zero-order chi connectivity index (χ0) is 13.8. The third kappa shape index (κ3) is 2.91. The fraction of sp³-hybridized carbons (Fsp3) is 0.0714. The first-order chi connectivity index (χ1) is 9.17. The molecule has 19 heavy (non-hydrogen) atoms. The molecule has 0 radical (unpaired) electrons. The minimum absolute atomic E-state index is 0.190. The maximum Gasteiger partial charge on any atom is 0.152 e. The van der Waals surface area contributed by atoms with Crippen LogP contribution in [0.1, 0.15) is 5.56 Å². The molecule has 0 aliphatic carbocycles. The molecule has 0 unspecified atom stereocenters. The SMILES string of the molecule is COc1ccccc1Sc1ccc(C#N)c(Br)c1F. The molecule has 0 amide bonds. The van der Waals surface area contributed by atoms with Gasteiger partial charge in [-0.1, -0.05) is 23.9 Å². The van der Waals surface area contributed by atoms with Crippen molar-refractivity contribution in [3.63, 3.8) is 0 Å². The van der Waals surface area contributed by atoms with E-state index in [4.69, 9.17) is 10.00 Å². The van der Waals surface area contributed by atoms with Crippen molar-refractivity contribution in [1.82, 2.24) is 0 Å². The van der Waals surface area contributed by atoms with E-state index in [1.807, 2.05) is 30.3 Å². The normalized spacial score (nSPS) is 10.0. The number of hydrogen-bond acceptors (Lipinski definition) is 3. The molecule has 0 atom stereocenters. The average molecular weight is 338 g/mol. The number of rotatable bonds is 3.